The van der Waals surface area contributed by atoms with Gasteiger partial charge in [-0.25, -0.2) is 8.42 Å². The van der Waals surface area contributed by atoms with Crippen LogP contribution in [0.15, 0.2) is 53.4 Å². The minimum atomic E-state index is -3.40. The van der Waals surface area contributed by atoms with Crippen LogP contribution in [0.3, 0.4) is 0 Å². The normalized spacial score (nSPS) is 17.6. The predicted octanol–water partition coefficient (Wildman–Crippen LogP) is 2.24. The highest BCUT2D eigenvalue weighted by molar-refractivity contribution is 7.90. The van der Waals surface area contributed by atoms with Gasteiger partial charge in [-0.05, 0) is 38.1 Å². The number of benzene rings is 2. The minimum absolute atomic E-state index is 0.0513. The van der Waals surface area contributed by atoms with E-state index in [0.29, 0.717) is 25.2 Å². The number of amides is 2. The van der Waals surface area contributed by atoms with Crippen LogP contribution in [0, 0.1) is 0 Å². The predicted molar refractivity (Wildman–Crippen MR) is 120 cm³/mol. The molecule has 1 saturated heterocycles. The standard InChI is InChI=1S/C23H28N2O6S/c1-16-15-24(23(27)18-8-6-5-7-9-18)12-13-25(16)22(26)17(2)31-20-11-10-19(32(4,28)29)14-21(20)30-3/h5-11,14,16-17H,12-13,15H2,1-4H3. The third kappa shape index (κ3) is 5.21. The molecular formula is C23H28N2O6S. The molecule has 32 heavy (non-hydrogen) atoms. The molecule has 0 bridgehead atoms. The zero-order chi connectivity index (χ0) is 23.5. The monoisotopic (exact) mass is 460 g/mol. The Morgan fingerprint density at radius 1 is 1.06 bits per heavy atom. The number of hydrogen-bond donors (Lipinski definition) is 0. The summed E-state index contributed by atoms with van der Waals surface area (Å²) in [6.45, 7) is 4.80. The molecule has 2 unspecified atom stereocenters. The Morgan fingerprint density at radius 3 is 2.34 bits per heavy atom. The molecule has 1 aliphatic rings. The molecule has 9 heteroatoms. The molecule has 2 amide bonds. The van der Waals surface area contributed by atoms with E-state index >= 15 is 0 Å². The highest BCUT2D eigenvalue weighted by Gasteiger charge is 2.33. The van der Waals surface area contributed by atoms with Crippen molar-refractivity contribution in [3.05, 3.63) is 54.1 Å². The lowest BCUT2D eigenvalue weighted by molar-refractivity contribution is -0.142. The van der Waals surface area contributed by atoms with Crippen molar-refractivity contribution in [2.45, 2.75) is 30.9 Å². The van der Waals surface area contributed by atoms with Gasteiger partial charge in [-0.2, -0.15) is 0 Å². The van der Waals surface area contributed by atoms with Crippen LogP contribution in [0.5, 0.6) is 11.5 Å². The average molecular weight is 461 g/mol. The molecule has 8 nitrogen and oxygen atoms in total. The largest absolute Gasteiger partial charge is 0.493 e. The van der Waals surface area contributed by atoms with Gasteiger partial charge in [-0.3, -0.25) is 9.59 Å². The van der Waals surface area contributed by atoms with E-state index < -0.39 is 15.9 Å². The van der Waals surface area contributed by atoms with Gasteiger partial charge in [0.15, 0.2) is 27.4 Å². The fraction of sp³-hybridized carbons (Fsp3) is 0.391. The molecule has 0 saturated carbocycles. The van der Waals surface area contributed by atoms with Gasteiger partial charge >= 0.3 is 0 Å². The topological polar surface area (TPSA) is 93.2 Å². The molecule has 2 atom stereocenters. The summed E-state index contributed by atoms with van der Waals surface area (Å²) < 4.78 is 34.6. The summed E-state index contributed by atoms with van der Waals surface area (Å²) in [6.07, 6.45) is 0.296. The maximum absolute atomic E-state index is 13.0. The maximum Gasteiger partial charge on any atom is 0.263 e. The van der Waals surface area contributed by atoms with Crippen LogP contribution in [0.4, 0.5) is 0 Å². The van der Waals surface area contributed by atoms with Gasteiger partial charge in [0.25, 0.3) is 11.8 Å². The molecule has 0 N–H and O–H groups in total. The van der Waals surface area contributed by atoms with Gasteiger partial charge in [0.1, 0.15) is 0 Å². The van der Waals surface area contributed by atoms with Crippen molar-refractivity contribution in [3.63, 3.8) is 0 Å². The second-order valence-electron chi connectivity index (χ2n) is 7.84. The average Bonchev–Trinajstić information content (AvgIpc) is 2.78. The fourth-order valence-corrected chi connectivity index (χ4v) is 4.32. The lowest BCUT2D eigenvalue weighted by atomic mass is 10.1. The van der Waals surface area contributed by atoms with Crippen molar-refractivity contribution in [2.24, 2.45) is 0 Å². The Hall–Kier alpha value is -3.07. The summed E-state index contributed by atoms with van der Waals surface area (Å²) in [7, 11) is -1.99. The fourth-order valence-electron chi connectivity index (χ4n) is 3.68. The van der Waals surface area contributed by atoms with Crippen molar-refractivity contribution < 1.29 is 27.5 Å². The number of sulfone groups is 1. The number of rotatable bonds is 6. The van der Waals surface area contributed by atoms with Gasteiger partial charge in [0, 0.05) is 43.6 Å². The number of nitrogens with zero attached hydrogens (tertiary/aromatic N) is 2. The van der Waals surface area contributed by atoms with E-state index in [1.54, 1.807) is 28.9 Å². The quantitative estimate of drug-likeness (QED) is 0.656. The molecule has 2 aromatic carbocycles. The molecule has 0 spiro atoms. The molecule has 172 valence electrons. The second kappa shape index (κ2) is 9.60. The van der Waals surface area contributed by atoms with Crippen molar-refractivity contribution in [3.8, 4) is 11.5 Å². The van der Waals surface area contributed by atoms with Crippen molar-refractivity contribution in [1.82, 2.24) is 9.80 Å². The number of piperazine rings is 1. The number of hydrogen-bond acceptors (Lipinski definition) is 6. The van der Waals surface area contributed by atoms with E-state index in [4.69, 9.17) is 9.47 Å². The summed E-state index contributed by atoms with van der Waals surface area (Å²) in [4.78, 5) is 29.3. The zero-order valence-electron chi connectivity index (χ0n) is 18.6. The maximum atomic E-state index is 13.0. The lowest BCUT2D eigenvalue weighted by Gasteiger charge is -2.40. The summed E-state index contributed by atoms with van der Waals surface area (Å²) >= 11 is 0. The van der Waals surface area contributed by atoms with Crippen LogP contribution in [-0.4, -0.2) is 75.2 Å². The molecule has 0 aromatic heterocycles. The molecule has 1 aliphatic heterocycles. The molecule has 1 fully saturated rings. The summed E-state index contributed by atoms with van der Waals surface area (Å²) in [5.41, 5.74) is 0.626. The van der Waals surface area contributed by atoms with Crippen LogP contribution in [0.2, 0.25) is 0 Å². The number of carbonyl (C=O) groups excluding carboxylic acids is 2. The van der Waals surface area contributed by atoms with Gasteiger partial charge in [0.2, 0.25) is 0 Å². The number of methoxy groups -OCH3 is 1. The summed E-state index contributed by atoms with van der Waals surface area (Å²) in [5.74, 6) is 0.258. The van der Waals surface area contributed by atoms with E-state index in [1.807, 2.05) is 25.1 Å². The Morgan fingerprint density at radius 2 is 1.75 bits per heavy atom. The van der Waals surface area contributed by atoms with E-state index in [9.17, 15) is 18.0 Å². The first-order valence-electron chi connectivity index (χ1n) is 10.3. The van der Waals surface area contributed by atoms with E-state index in [1.165, 1.54) is 25.3 Å². The minimum Gasteiger partial charge on any atom is -0.493 e. The van der Waals surface area contributed by atoms with Gasteiger partial charge < -0.3 is 19.3 Å². The summed E-state index contributed by atoms with van der Waals surface area (Å²) in [6, 6.07) is 13.2. The van der Waals surface area contributed by atoms with Crippen LogP contribution in [-0.2, 0) is 14.6 Å². The zero-order valence-corrected chi connectivity index (χ0v) is 19.5. The Balaban J connectivity index is 1.66. The van der Waals surface area contributed by atoms with Gasteiger partial charge in [-0.1, -0.05) is 18.2 Å². The number of carbonyl (C=O) groups is 2. The summed E-state index contributed by atoms with van der Waals surface area (Å²) in [5, 5.41) is 0. The Bertz CT molecular complexity index is 1090. The van der Waals surface area contributed by atoms with Gasteiger partial charge in [-0.15, -0.1) is 0 Å². The van der Waals surface area contributed by atoms with Crippen molar-refractivity contribution in [1.29, 1.82) is 0 Å². The van der Waals surface area contributed by atoms with Crippen LogP contribution >= 0.6 is 0 Å². The van der Waals surface area contributed by atoms with Gasteiger partial charge in [0.05, 0.1) is 12.0 Å². The molecule has 2 aromatic rings. The molecule has 1 heterocycles. The van der Waals surface area contributed by atoms with Crippen molar-refractivity contribution >= 4 is 21.7 Å². The lowest BCUT2D eigenvalue weighted by Crippen LogP contribution is -2.57. The first-order chi connectivity index (χ1) is 15.1. The Labute approximate surface area is 188 Å². The van der Waals surface area contributed by atoms with Crippen LogP contribution < -0.4 is 9.47 Å². The molecule has 0 aliphatic carbocycles. The van der Waals surface area contributed by atoms with E-state index in [0.717, 1.165) is 6.26 Å². The first kappa shape index (κ1) is 23.6. The van der Waals surface area contributed by atoms with Crippen LogP contribution in [0.1, 0.15) is 24.2 Å². The molecule has 3 rings (SSSR count). The second-order valence-corrected chi connectivity index (χ2v) is 9.86. The van der Waals surface area contributed by atoms with E-state index in [2.05, 4.69) is 0 Å². The highest BCUT2D eigenvalue weighted by atomic mass is 32.2. The highest BCUT2D eigenvalue weighted by Crippen LogP contribution is 2.31. The Kier molecular flexibility index (Phi) is 7.08. The first-order valence-corrected chi connectivity index (χ1v) is 12.2. The molecular weight excluding hydrogens is 432 g/mol. The third-order valence-electron chi connectivity index (χ3n) is 5.43. The smallest absolute Gasteiger partial charge is 0.263 e. The van der Waals surface area contributed by atoms with Crippen molar-refractivity contribution in [2.75, 3.05) is 33.0 Å². The van der Waals surface area contributed by atoms with E-state index in [-0.39, 0.29) is 34.3 Å². The SMILES string of the molecule is COc1cc(S(C)(=O)=O)ccc1OC(C)C(=O)N1CCN(C(=O)c2ccccc2)CC1C. The number of ether oxygens (including phenoxy) is 2. The molecule has 0 radical (unpaired) electrons. The van der Waals surface area contributed by atoms with Crippen LogP contribution in [0.25, 0.3) is 0 Å². The third-order valence-corrected chi connectivity index (χ3v) is 6.54.